The Bertz CT molecular complexity index is 729. The lowest BCUT2D eigenvalue weighted by Gasteiger charge is -2.20. The Morgan fingerprint density at radius 2 is 1.88 bits per heavy atom. The number of anilines is 2. The summed E-state index contributed by atoms with van der Waals surface area (Å²) in [6, 6.07) is 13.7. The van der Waals surface area contributed by atoms with Gasteiger partial charge in [-0.3, -0.25) is 4.79 Å². The predicted octanol–water partition coefficient (Wildman–Crippen LogP) is 3.32. The van der Waals surface area contributed by atoms with Crippen LogP contribution in [0.2, 0.25) is 0 Å². The van der Waals surface area contributed by atoms with Gasteiger partial charge in [0.25, 0.3) is 0 Å². The summed E-state index contributed by atoms with van der Waals surface area (Å²) < 4.78 is 5.50. The average Bonchev–Trinajstić information content (AvgIpc) is 2.56. The molecule has 3 N–H and O–H groups in total. The number of imide groups is 1. The zero-order valence-electron chi connectivity index (χ0n) is 14.5. The SMILES string of the molecule is CCCc1ccc(OCNC(=O)N(C(C)=O)c2cccc(N)c2)cc1. The van der Waals surface area contributed by atoms with Gasteiger partial charge in [-0.2, -0.15) is 0 Å². The molecule has 0 spiro atoms. The van der Waals surface area contributed by atoms with Crippen molar-refractivity contribution in [3.05, 3.63) is 54.1 Å². The van der Waals surface area contributed by atoms with Gasteiger partial charge < -0.3 is 15.8 Å². The van der Waals surface area contributed by atoms with E-state index in [1.807, 2.05) is 24.3 Å². The number of benzene rings is 2. The number of hydrogen-bond donors (Lipinski definition) is 2. The third-order valence-corrected chi connectivity index (χ3v) is 3.57. The Hall–Kier alpha value is -3.02. The van der Waals surface area contributed by atoms with Crippen molar-refractivity contribution in [2.45, 2.75) is 26.7 Å². The molecule has 0 fully saturated rings. The van der Waals surface area contributed by atoms with E-state index in [0.717, 1.165) is 17.7 Å². The smallest absolute Gasteiger partial charge is 0.331 e. The molecular weight excluding hydrogens is 318 g/mol. The van der Waals surface area contributed by atoms with Gasteiger partial charge in [0.2, 0.25) is 5.91 Å². The van der Waals surface area contributed by atoms with E-state index in [-0.39, 0.29) is 6.73 Å². The van der Waals surface area contributed by atoms with Crippen LogP contribution in [0.5, 0.6) is 5.75 Å². The largest absolute Gasteiger partial charge is 0.473 e. The molecule has 0 saturated heterocycles. The van der Waals surface area contributed by atoms with Crippen LogP contribution in [0.15, 0.2) is 48.5 Å². The van der Waals surface area contributed by atoms with E-state index >= 15 is 0 Å². The van der Waals surface area contributed by atoms with E-state index in [0.29, 0.717) is 17.1 Å². The molecule has 0 bridgehead atoms. The Morgan fingerprint density at radius 1 is 1.16 bits per heavy atom. The van der Waals surface area contributed by atoms with Gasteiger partial charge >= 0.3 is 6.03 Å². The zero-order chi connectivity index (χ0) is 18.2. The maximum Gasteiger partial charge on any atom is 0.331 e. The average molecular weight is 341 g/mol. The summed E-state index contributed by atoms with van der Waals surface area (Å²) in [7, 11) is 0. The molecule has 6 nitrogen and oxygen atoms in total. The lowest BCUT2D eigenvalue weighted by molar-refractivity contribution is -0.115. The van der Waals surface area contributed by atoms with E-state index in [9.17, 15) is 9.59 Å². The van der Waals surface area contributed by atoms with Crippen LogP contribution in [-0.2, 0) is 11.2 Å². The molecule has 0 saturated carbocycles. The highest BCUT2D eigenvalue weighted by molar-refractivity contribution is 6.13. The Kier molecular flexibility index (Phi) is 6.39. The molecule has 0 heterocycles. The predicted molar refractivity (Wildman–Crippen MR) is 98.5 cm³/mol. The van der Waals surface area contributed by atoms with Gasteiger partial charge in [-0.25, -0.2) is 9.69 Å². The lowest BCUT2D eigenvalue weighted by Crippen LogP contribution is -2.44. The minimum Gasteiger partial charge on any atom is -0.473 e. The monoisotopic (exact) mass is 341 g/mol. The number of carbonyl (C=O) groups excluding carboxylic acids is 2. The van der Waals surface area contributed by atoms with Crippen molar-refractivity contribution in [3.8, 4) is 5.75 Å². The first-order valence-corrected chi connectivity index (χ1v) is 8.17. The number of aryl methyl sites for hydroxylation is 1. The Balaban J connectivity index is 1.94. The Morgan fingerprint density at radius 3 is 2.48 bits per heavy atom. The van der Waals surface area contributed by atoms with Crippen molar-refractivity contribution < 1.29 is 14.3 Å². The van der Waals surface area contributed by atoms with Crippen LogP contribution >= 0.6 is 0 Å². The second-order valence-corrected chi connectivity index (χ2v) is 5.61. The summed E-state index contributed by atoms with van der Waals surface area (Å²) in [6.07, 6.45) is 2.10. The highest BCUT2D eigenvalue weighted by atomic mass is 16.5. The van der Waals surface area contributed by atoms with Gasteiger partial charge in [0.1, 0.15) is 5.75 Å². The molecule has 0 aliphatic rings. The third kappa shape index (κ3) is 5.24. The summed E-state index contributed by atoms with van der Waals surface area (Å²) in [4.78, 5) is 25.1. The first-order valence-electron chi connectivity index (χ1n) is 8.17. The lowest BCUT2D eigenvalue weighted by atomic mass is 10.1. The standard InChI is InChI=1S/C19H23N3O3/c1-3-5-15-8-10-18(11-9-15)25-13-21-19(24)22(14(2)23)17-7-4-6-16(20)12-17/h4,6-12H,3,5,13,20H2,1-2H3,(H,21,24). The van der Waals surface area contributed by atoms with Gasteiger partial charge in [0, 0.05) is 12.6 Å². The molecule has 0 atom stereocenters. The normalized spacial score (nSPS) is 10.2. The number of nitrogens with two attached hydrogens (primary N) is 1. The van der Waals surface area contributed by atoms with Crippen LogP contribution < -0.4 is 20.7 Å². The third-order valence-electron chi connectivity index (χ3n) is 3.57. The van der Waals surface area contributed by atoms with E-state index in [4.69, 9.17) is 10.5 Å². The van der Waals surface area contributed by atoms with E-state index < -0.39 is 11.9 Å². The van der Waals surface area contributed by atoms with Crippen molar-refractivity contribution >= 4 is 23.3 Å². The molecule has 0 aliphatic carbocycles. The maximum absolute atomic E-state index is 12.3. The molecule has 0 unspecified atom stereocenters. The number of carbonyl (C=O) groups is 2. The maximum atomic E-state index is 12.3. The molecule has 6 heteroatoms. The number of nitrogens with one attached hydrogen (secondary N) is 1. The zero-order valence-corrected chi connectivity index (χ0v) is 14.5. The van der Waals surface area contributed by atoms with Gasteiger partial charge in [-0.1, -0.05) is 31.5 Å². The molecule has 132 valence electrons. The van der Waals surface area contributed by atoms with Crippen molar-refractivity contribution in [2.75, 3.05) is 17.4 Å². The molecule has 0 aliphatic heterocycles. The fraction of sp³-hybridized carbons (Fsp3) is 0.263. The Labute approximate surface area is 147 Å². The van der Waals surface area contributed by atoms with Gasteiger partial charge in [-0.15, -0.1) is 0 Å². The van der Waals surface area contributed by atoms with Crippen molar-refractivity contribution in [3.63, 3.8) is 0 Å². The molecule has 2 aromatic carbocycles. The second kappa shape index (κ2) is 8.73. The van der Waals surface area contributed by atoms with E-state index in [1.54, 1.807) is 24.3 Å². The fourth-order valence-electron chi connectivity index (χ4n) is 2.41. The number of nitrogens with zero attached hydrogens (tertiary/aromatic N) is 1. The number of urea groups is 1. The molecule has 2 rings (SSSR count). The van der Waals surface area contributed by atoms with Crippen molar-refractivity contribution in [1.82, 2.24) is 5.32 Å². The first-order chi connectivity index (χ1) is 12.0. The van der Waals surface area contributed by atoms with E-state index in [1.165, 1.54) is 12.5 Å². The minimum atomic E-state index is -0.569. The highest BCUT2D eigenvalue weighted by Gasteiger charge is 2.20. The van der Waals surface area contributed by atoms with E-state index in [2.05, 4.69) is 12.2 Å². The summed E-state index contributed by atoms with van der Waals surface area (Å²) in [5.41, 5.74) is 7.83. The fourth-order valence-corrected chi connectivity index (χ4v) is 2.41. The molecule has 0 radical (unpaired) electrons. The molecule has 3 amide bonds. The van der Waals surface area contributed by atoms with Crippen molar-refractivity contribution in [1.29, 1.82) is 0 Å². The summed E-state index contributed by atoms with van der Waals surface area (Å²) in [5.74, 6) is 0.241. The van der Waals surface area contributed by atoms with Gasteiger partial charge in [0.05, 0.1) is 5.69 Å². The van der Waals surface area contributed by atoms with Crippen LogP contribution in [0.25, 0.3) is 0 Å². The molecule has 25 heavy (non-hydrogen) atoms. The van der Waals surface area contributed by atoms with Crippen LogP contribution in [0.3, 0.4) is 0 Å². The molecule has 2 aromatic rings. The minimum absolute atomic E-state index is 0.0436. The van der Waals surface area contributed by atoms with Crippen LogP contribution in [0.4, 0.5) is 16.2 Å². The number of rotatable bonds is 6. The number of hydrogen-bond acceptors (Lipinski definition) is 4. The van der Waals surface area contributed by atoms with Crippen LogP contribution in [-0.4, -0.2) is 18.7 Å². The van der Waals surface area contributed by atoms with Gasteiger partial charge in [-0.05, 0) is 42.3 Å². The summed E-state index contributed by atoms with van der Waals surface area (Å²) in [6.45, 7) is 3.40. The van der Waals surface area contributed by atoms with Crippen LogP contribution in [0.1, 0.15) is 25.8 Å². The number of amides is 3. The first kappa shape index (κ1) is 18.3. The number of nitrogen functional groups attached to an aromatic ring is 1. The topological polar surface area (TPSA) is 84.7 Å². The quantitative estimate of drug-likeness (QED) is 0.623. The number of ether oxygens (including phenoxy) is 1. The molecular formula is C19H23N3O3. The summed E-state index contributed by atoms with van der Waals surface area (Å²) in [5, 5.41) is 2.57. The van der Waals surface area contributed by atoms with Crippen molar-refractivity contribution in [2.24, 2.45) is 0 Å². The summed E-state index contributed by atoms with van der Waals surface area (Å²) >= 11 is 0. The second-order valence-electron chi connectivity index (χ2n) is 5.61. The van der Waals surface area contributed by atoms with Gasteiger partial charge in [0.15, 0.2) is 6.73 Å². The molecule has 0 aromatic heterocycles. The van der Waals surface area contributed by atoms with Crippen LogP contribution in [0, 0.1) is 0 Å². The highest BCUT2D eigenvalue weighted by Crippen LogP contribution is 2.18.